The Morgan fingerprint density at radius 2 is 1.74 bits per heavy atom. The smallest absolute Gasteiger partial charge is 0.340 e. The molecule has 6 heteroatoms. The Kier molecular flexibility index (Phi) is 3.09. The van der Waals surface area contributed by atoms with Crippen molar-refractivity contribution in [2.75, 3.05) is 11.5 Å². The summed E-state index contributed by atoms with van der Waals surface area (Å²) in [5.41, 5.74) is 0.506. The lowest BCUT2D eigenvalue weighted by atomic mass is 9.85. The van der Waals surface area contributed by atoms with E-state index in [0.29, 0.717) is 0 Å². The summed E-state index contributed by atoms with van der Waals surface area (Å²) in [4.78, 5) is 38.8. The minimum atomic E-state index is -0.543. The first-order chi connectivity index (χ1) is 11.1. The van der Waals surface area contributed by atoms with Crippen LogP contribution in [0.2, 0.25) is 0 Å². The van der Waals surface area contributed by atoms with E-state index < -0.39 is 17.8 Å². The van der Waals surface area contributed by atoms with Gasteiger partial charge in [-0.05, 0) is 19.1 Å². The van der Waals surface area contributed by atoms with Crippen LogP contribution in [0.25, 0.3) is 0 Å². The monoisotopic (exact) mass is 313 g/mol. The average molecular weight is 313 g/mol. The van der Waals surface area contributed by atoms with Crippen molar-refractivity contribution in [3.05, 3.63) is 42.0 Å². The van der Waals surface area contributed by atoms with Crippen molar-refractivity contribution < 1.29 is 23.9 Å². The maximum atomic E-state index is 12.8. The van der Waals surface area contributed by atoms with Gasteiger partial charge in [0.1, 0.15) is 0 Å². The maximum Gasteiger partial charge on any atom is 0.340 e. The Morgan fingerprint density at radius 1 is 1.13 bits per heavy atom. The van der Waals surface area contributed by atoms with Crippen LogP contribution in [-0.4, -0.2) is 36.6 Å². The molecule has 2 saturated heterocycles. The first kappa shape index (κ1) is 14.1. The van der Waals surface area contributed by atoms with E-state index in [0.717, 1.165) is 4.90 Å². The number of amides is 2. The molecule has 23 heavy (non-hydrogen) atoms. The Morgan fingerprint density at radius 3 is 2.35 bits per heavy atom. The van der Waals surface area contributed by atoms with Crippen molar-refractivity contribution in [3.63, 3.8) is 0 Å². The van der Waals surface area contributed by atoms with E-state index in [1.807, 2.05) is 12.2 Å². The number of rotatable bonds is 3. The molecule has 6 nitrogen and oxygen atoms in total. The number of anilines is 1. The summed E-state index contributed by atoms with van der Waals surface area (Å²) in [5.74, 6) is -2.15. The molecule has 0 saturated carbocycles. The van der Waals surface area contributed by atoms with Crippen molar-refractivity contribution >= 4 is 23.5 Å². The normalized spacial score (nSPS) is 30.9. The summed E-state index contributed by atoms with van der Waals surface area (Å²) in [5, 5.41) is 0. The standard InChI is InChI=1S/C17H15NO5/c1-2-22-17(21)9-5-3-4-6-10(9)18-15(19)13-11-7-8-12(23-11)14(13)16(18)20/h3-8,11-14H,2H2,1H3/t11-,12+,13+,14-. The maximum absolute atomic E-state index is 12.8. The zero-order chi connectivity index (χ0) is 16.1. The average Bonchev–Trinajstić information content (AvgIpc) is 3.22. The topological polar surface area (TPSA) is 72.9 Å². The van der Waals surface area contributed by atoms with Gasteiger partial charge in [0, 0.05) is 0 Å². The van der Waals surface area contributed by atoms with E-state index in [1.165, 1.54) is 0 Å². The highest BCUT2D eigenvalue weighted by molar-refractivity contribution is 6.24. The van der Waals surface area contributed by atoms with Crippen LogP contribution in [0.5, 0.6) is 0 Å². The number of carbonyl (C=O) groups is 3. The van der Waals surface area contributed by atoms with Crippen molar-refractivity contribution in [2.45, 2.75) is 19.1 Å². The summed E-state index contributed by atoms with van der Waals surface area (Å²) in [6.07, 6.45) is 2.97. The van der Waals surface area contributed by atoms with Crippen LogP contribution >= 0.6 is 0 Å². The highest BCUT2D eigenvalue weighted by atomic mass is 16.5. The molecule has 3 aliphatic rings. The van der Waals surface area contributed by atoms with Crippen LogP contribution < -0.4 is 4.90 Å². The minimum Gasteiger partial charge on any atom is -0.462 e. The lowest BCUT2D eigenvalue weighted by molar-refractivity contribution is -0.124. The second-order valence-corrected chi connectivity index (χ2v) is 5.75. The molecule has 4 rings (SSSR count). The van der Waals surface area contributed by atoms with Crippen molar-refractivity contribution in [2.24, 2.45) is 11.8 Å². The van der Waals surface area contributed by atoms with Crippen LogP contribution in [0.3, 0.4) is 0 Å². The number of hydrogen-bond acceptors (Lipinski definition) is 5. The molecule has 2 bridgehead atoms. The van der Waals surface area contributed by atoms with Gasteiger partial charge in [-0.15, -0.1) is 0 Å². The fourth-order valence-corrected chi connectivity index (χ4v) is 3.59. The number of esters is 1. The van der Waals surface area contributed by atoms with E-state index in [9.17, 15) is 14.4 Å². The minimum absolute atomic E-state index is 0.220. The Labute approximate surface area is 132 Å². The molecule has 0 unspecified atom stereocenters. The molecule has 0 aliphatic carbocycles. The number of para-hydroxylation sites is 1. The molecule has 118 valence electrons. The van der Waals surface area contributed by atoms with Crippen LogP contribution in [0, 0.1) is 11.8 Å². The highest BCUT2D eigenvalue weighted by Crippen LogP contribution is 2.46. The first-order valence-corrected chi connectivity index (χ1v) is 7.61. The highest BCUT2D eigenvalue weighted by Gasteiger charge is 2.61. The van der Waals surface area contributed by atoms with Gasteiger partial charge in [-0.1, -0.05) is 24.3 Å². The number of nitrogens with zero attached hydrogens (tertiary/aromatic N) is 1. The SMILES string of the molecule is CCOC(=O)c1ccccc1N1C(=O)[C@@H]2[C@H](C1=O)[C@@H]1C=C[C@H]2O1. The predicted octanol–water partition coefficient (Wildman–Crippen LogP) is 1.31. The van der Waals surface area contributed by atoms with E-state index >= 15 is 0 Å². The van der Waals surface area contributed by atoms with Gasteiger partial charge in [0.15, 0.2) is 0 Å². The van der Waals surface area contributed by atoms with Gasteiger partial charge in [-0.25, -0.2) is 9.69 Å². The van der Waals surface area contributed by atoms with Crippen LogP contribution in [0.1, 0.15) is 17.3 Å². The molecular formula is C17H15NO5. The summed E-state index contributed by atoms with van der Waals surface area (Å²) in [6.45, 7) is 1.93. The Hall–Kier alpha value is -2.47. The third kappa shape index (κ3) is 1.88. The number of carbonyl (C=O) groups excluding carboxylic acids is 3. The third-order valence-corrected chi connectivity index (χ3v) is 4.55. The zero-order valence-corrected chi connectivity index (χ0v) is 12.5. The molecule has 0 aromatic heterocycles. The van der Waals surface area contributed by atoms with Crippen molar-refractivity contribution in [1.29, 1.82) is 0 Å². The summed E-state index contributed by atoms with van der Waals surface area (Å²) in [7, 11) is 0. The predicted molar refractivity (Wildman–Crippen MR) is 79.7 cm³/mol. The number of fused-ring (bicyclic) bond motifs is 5. The van der Waals surface area contributed by atoms with E-state index in [1.54, 1.807) is 31.2 Å². The second kappa shape index (κ2) is 5.03. The molecule has 4 atom stereocenters. The fourth-order valence-electron chi connectivity index (χ4n) is 3.59. The molecule has 0 spiro atoms. The van der Waals surface area contributed by atoms with E-state index in [-0.39, 0.29) is 41.9 Å². The quantitative estimate of drug-likeness (QED) is 0.478. The summed E-state index contributed by atoms with van der Waals surface area (Å²) >= 11 is 0. The lowest BCUT2D eigenvalue weighted by Gasteiger charge is -2.20. The number of ether oxygens (including phenoxy) is 2. The first-order valence-electron chi connectivity index (χ1n) is 7.61. The molecule has 3 aliphatic heterocycles. The van der Waals surface area contributed by atoms with Gasteiger partial charge in [-0.2, -0.15) is 0 Å². The Bertz CT molecular complexity index is 710. The second-order valence-electron chi connectivity index (χ2n) is 5.75. The number of imide groups is 1. The molecule has 2 amide bonds. The third-order valence-electron chi connectivity index (χ3n) is 4.55. The Balaban J connectivity index is 1.74. The van der Waals surface area contributed by atoms with Crippen LogP contribution in [-0.2, 0) is 19.1 Å². The number of hydrogen-bond donors (Lipinski definition) is 0. The largest absolute Gasteiger partial charge is 0.462 e. The van der Waals surface area contributed by atoms with Gasteiger partial charge in [0.05, 0.1) is 41.9 Å². The van der Waals surface area contributed by atoms with Gasteiger partial charge >= 0.3 is 5.97 Å². The fraction of sp³-hybridized carbons (Fsp3) is 0.353. The molecule has 0 radical (unpaired) electrons. The lowest BCUT2D eigenvalue weighted by Crippen LogP contribution is -2.35. The molecule has 1 aromatic rings. The van der Waals surface area contributed by atoms with Gasteiger partial charge < -0.3 is 9.47 Å². The van der Waals surface area contributed by atoms with Crippen LogP contribution in [0.15, 0.2) is 36.4 Å². The molecule has 2 fully saturated rings. The van der Waals surface area contributed by atoms with Gasteiger partial charge in [0.25, 0.3) is 0 Å². The van der Waals surface area contributed by atoms with Gasteiger partial charge in [-0.3, -0.25) is 9.59 Å². The zero-order valence-electron chi connectivity index (χ0n) is 12.5. The van der Waals surface area contributed by atoms with Gasteiger partial charge in [0.2, 0.25) is 11.8 Å². The van der Waals surface area contributed by atoms with E-state index in [2.05, 4.69) is 0 Å². The summed E-state index contributed by atoms with van der Waals surface area (Å²) in [6, 6.07) is 6.52. The number of benzene rings is 1. The molecule has 1 aromatic carbocycles. The van der Waals surface area contributed by atoms with Crippen LogP contribution in [0.4, 0.5) is 5.69 Å². The molecular weight excluding hydrogens is 298 g/mol. The van der Waals surface area contributed by atoms with Crippen molar-refractivity contribution in [1.82, 2.24) is 0 Å². The van der Waals surface area contributed by atoms with E-state index in [4.69, 9.17) is 9.47 Å². The molecule has 0 N–H and O–H groups in total. The molecule has 3 heterocycles. The summed E-state index contributed by atoms with van der Waals surface area (Å²) < 4.78 is 10.6. The van der Waals surface area contributed by atoms with Crippen molar-refractivity contribution in [3.8, 4) is 0 Å².